The van der Waals surface area contributed by atoms with Crippen molar-refractivity contribution in [1.29, 1.82) is 0 Å². The van der Waals surface area contributed by atoms with Crippen LogP contribution >= 0.6 is 11.6 Å². The minimum absolute atomic E-state index is 0.0713. The van der Waals surface area contributed by atoms with Gasteiger partial charge in [0.15, 0.2) is 12.2 Å². The van der Waals surface area contributed by atoms with E-state index in [0.29, 0.717) is 21.8 Å². The van der Waals surface area contributed by atoms with E-state index >= 15 is 0 Å². The average Bonchev–Trinajstić information content (AvgIpc) is 3.15. The second kappa shape index (κ2) is 10.8. The van der Waals surface area contributed by atoms with Crippen LogP contribution in [0.1, 0.15) is 13.3 Å². The lowest BCUT2D eigenvalue weighted by Crippen LogP contribution is -2.46. The van der Waals surface area contributed by atoms with Crippen LogP contribution in [0.15, 0.2) is 51.7 Å². The average molecular weight is 487 g/mol. The number of fused-ring (bicyclic) bond motifs is 1. The first-order chi connectivity index (χ1) is 16.4. The molecular formula is C24H27ClN4O5. The summed E-state index contributed by atoms with van der Waals surface area (Å²) in [6, 6.07) is 12.5. The van der Waals surface area contributed by atoms with E-state index in [0.717, 1.165) is 38.4 Å². The van der Waals surface area contributed by atoms with Gasteiger partial charge in [-0.25, -0.2) is 4.79 Å². The molecule has 1 fully saturated rings. The number of aryl methyl sites for hydroxylation is 1. The number of hydrogen-bond acceptors (Lipinski definition) is 7. The van der Waals surface area contributed by atoms with Crippen LogP contribution in [-0.4, -0.2) is 60.7 Å². The highest BCUT2D eigenvalue weighted by Crippen LogP contribution is 2.20. The molecule has 2 aromatic carbocycles. The number of carbonyl (C=O) groups is 2. The minimum atomic E-state index is -0.591. The Morgan fingerprint density at radius 3 is 2.53 bits per heavy atom. The van der Waals surface area contributed by atoms with Crippen molar-refractivity contribution in [1.82, 2.24) is 9.47 Å². The molecule has 0 aliphatic carbocycles. The number of amides is 1. The SMILES string of the molecule is CCN1CCN(c2ccc(NC(=O)COC(=O)CCn3c(=O)oc4cc(Cl)ccc43)cc2)CC1. The van der Waals surface area contributed by atoms with E-state index in [1.165, 1.54) is 10.6 Å². The zero-order chi connectivity index (χ0) is 24.1. The van der Waals surface area contributed by atoms with Gasteiger partial charge < -0.3 is 24.3 Å². The predicted octanol–water partition coefficient (Wildman–Crippen LogP) is 2.96. The third-order valence-electron chi connectivity index (χ3n) is 5.87. The van der Waals surface area contributed by atoms with Crippen molar-refractivity contribution in [2.75, 3.05) is 49.5 Å². The van der Waals surface area contributed by atoms with Crippen LogP contribution in [-0.2, 0) is 20.9 Å². The molecule has 0 atom stereocenters. The number of aromatic nitrogens is 1. The zero-order valence-corrected chi connectivity index (χ0v) is 19.7. The van der Waals surface area contributed by atoms with Gasteiger partial charge in [-0.05, 0) is 42.9 Å². The monoisotopic (exact) mass is 486 g/mol. The summed E-state index contributed by atoms with van der Waals surface area (Å²) in [5.74, 6) is -1.61. The summed E-state index contributed by atoms with van der Waals surface area (Å²) in [5.41, 5.74) is 2.63. The Bertz CT molecular complexity index is 1210. The van der Waals surface area contributed by atoms with Gasteiger partial charge in [-0.15, -0.1) is 0 Å². The first-order valence-electron chi connectivity index (χ1n) is 11.2. The van der Waals surface area contributed by atoms with Crippen LogP contribution in [0, 0.1) is 0 Å². The molecular weight excluding hydrogens is 460 g/mol. The maximum Gasteiger partial charge on any atom is 0.419 e. The van der Waals surface area contributed by atoms with E-state index < -0.39 is 24.2 Å². The number of likely N-dealkylation sites (N-methyl/N-ethyl adjacent to an activating group) is 1. The van der Waals surface area contributed by atoms with Gasteiger partial charge in [-0.1, -0.05) is 18.5 Å². The van der Waals surface area contributed by atoms with Crippen LogP contribution in [0.5, 0.6) is 0 Å². The largest absolute Gasteiger partial charge is 0.456 e. The summed E-state index contributed by atoms with van der Waals surface area (Å²) in [4.78, 5) is 41.0. The Kier molecular flexibility index (Phi) is 7.54. The number of anilines is 2. The molecule has 1 aliphatic rings. The normalized spacial score (nSPS) is 14.4. The summed E-state index contributed by atoms with van der Waals surface area (Å²) >= 11 is 5.90. The van der Waals surface area contributed by atoms with Crippen molar-refractivity contribution < 1.29 is 18.7 Å². The Balaban J connectivity index is 1.22. The van der Waals surface area contributed by atoms with Crippen molar-refractivity contribution in [2.24, 2.45) is 0 Å². The predicted molar refractivity (Wildman–Crippen MR) is 130 cm³/mol. The Hall–Kier alpha value is -3.30. The fraction of sp³-hybridized carbons (Fsp3) is 0.375. The van der Waals surface area contributed by atoms with E-state index in [9.17, 15) is 14.4 Å². The minimum Gasteiger partial charge on any atom is -0.456 e. The number of piperazine rings is 1. The fourth-order valence-corrected chi connectivity index (χ4v) is 4.11. The topological polar surface area (TPSA) is 97.0 Å². The smallest absolute Gasteiger partial charge is 0.419 e. The number of esters is 1. The second-order valence-corrected chi connectivity index (χ2v) is 8.50. The van der Waals surface area contributed by atoms with Crippen LogP contribution in [0.4, 0.5) is 11.4 Å². The number of nitrogens with zero attached hydrogens (tertiary/aromatic N) is 3. The number of ether oxygens (including phenoxy) is 1. The molecule has 0 bridgehead atoms. The lowest BCUT2D eigenvalue weighted by atomic mass is 10.2. The first-order valence-corrected chi connectivity index (χ1v) is 11.6. The fourth-order valence-electron chi connectivity index (χ4n) is 3.95. The van der Waals surface area contributed by atoms with Crippen LogP contribution in [0.2, 0.25) is 5.02 Å². The summed E-state index contributed by atoms with van der Waals surface area (Å²) < 4.78 is 11.5. The number of nitrogens with one attached hydrogen (secondary N) is 1. The van der Waals surface area contributed by atoms with Crippen molar-refractivity contribution in [3.05, 3.63) is 58.0 Å². The third-order valence-corrected chi connectivity index (χ3v) is 6.10. The third kappa shape index (κ3) is 5.78. The summed E-state index contributed by atoms with van der Waals surface area (Å²) in [6.07, 6.45) is -0.0789. The molecule has 34 heavy (non-hydrogen) atoms. The lowest BCUT2D eigenvalue weighted by Gasteiger charge is -2.35. The molecule has 0 spiro atoms. The molecule has 1 N–H and O–H groups in total. The van der Waals surface area contributed by atoms with E-state index in [-0.39, 0.29) is 13.0 Å². The highest BCUT2D eigenvalue weighted by molar-refractivity contribution is 6.31. The van der Waals surface area contributed by atoms with Crippen molar-refractivity contribution in [3.8, 4) is 0 Å². The lowest BCUT2D eigenvalue weighted by molar-refractivity contribution is -0.147. The van der Waals surface area contributed by atoms with E-state index in [2.05, 4.69) is 22.0 Å². The van der Waals surface area contributed by atoms with Crippen LogP contribution in [0.25, 0.3) is 11.1 Å². The Morgan fingerprint density at radius 2 is 1.82 bits per heavy atom. The quantitative estimate of drug-likeness (QED) is 0.489. The molecule has 1 aliphatic heterocycles. The molecule has 9 nitrogen and oxygen atoms in total. The molecule has 4 rings (SSSR count). The van der Waals surface area contributed by atoms with Crippen molar-refractivity contribution in [2.45, 2.75) is 19.9 Å². The number of oxazole rings is 1. The maximum atomic E-state index is 12.2. The first kappa shape index (κ1) is 23.8. The van der Waals surface area contributed by atoms with Gasteiger partial charge in [-0.2, -0.15) is 0 Å². The highest BCUT2D eigenvalue weighted by atomic mass is 35.5. The molecule has 10 heteroatoms. The molecule has 0 unspecified atom stereocenters. The summed E-state index contributed by atoms with van der Waals surface area (Å²) in [5, 5.41) is 3.17. The number of rotatable bonds is 8. The molecule has 3 aromatic rings. The summed E-state index contributed by atoms with van der Waals surface area (Å²) in [7, 11) is 0. The number of benzene rings is 2. The standard InChI is InChI=1S/C24H27ClN4O5/c1-2-27-11-13-28(14-12-27)19-6-4-18(5-7-19)26-22(30)16-33-23(31)9-10-29-20-8-3-17(25)15-21(20)34-24(29)32/h3-8,15H,2,9-14,16H2,1H3,(H,26,30). The number of carbonyl (C=O) groups excluding carboxylic acids is 2. The Morgan fingerprint density at radius 1 is 1.09 bits per heavy atom. The van der Waals surface area contributed by atoms with Gasteiger partial charge in [0.1, 0.15) is 0 Å². The number of halogens is 1. The zero-order valence-electron chi connectivity index (χ0n) is 19.0. The maximum absolute atomic E-state index is 12.2. The molecule has 0 saturated carbocycles. The number of hydrogen-bond donors (Lipinski definition) is 1. The second-order valence-electron chi connectivity index (χ2n) is 8.06. The van der Waals surface area contributed by atoms with Gasteiger partial charge in [0.2, 0.25) is 0 Å². The molecule has 1 aromatic heterocycles. The van der Waals surface area contributed by atoms with Gasteiger partial charge in [-0.3, -0.25) is 14.2 Å². The van der Waals surface area contributed by atoms with E-state index in [1.54, 1.807) is 12.1 Å². The van der Waals surface area contributed by atoms with Crippen LogP contribution < -0.4 is 16.0 Å². The van der Waals surface area contributed by atoms with Gasteiger partial charge in [0, 0.05) is 55.2 Å². The van der Waals surface area contributed by atoms with E-state index in [1.807, 2.05) is 24.3 Å². The molecule has 1 amide bonds. The van der Waals surface area contributed by atoms with Gasteiger partial charge in [0.05, 0.1) is 11.9 Å². The van der Waals surface area contributed by atoms with Crippen molar-refractivity contribution in [3.63, 3.8) is 0 Å². The molecule has 0 radical (unpaired) electrons. The Labute approximate surface area is 201 Å². The van der Waals surface area contributed by atoms with Crippen LogP contribution in [0.3, 0.4) is 0 Å². The molecule has 180 valence electrons. The molecule has 1 saturated heterocycles. The van der Waals surface area contributed by atoms with Crippen molar-refractivity contribution >= 4 is 46.0 Å². The highest BCUT2D eigenvalue weighted by Gasteiger charge is 2.16. The van der Waals surface area contributed by atoms with Gasteiger partial charge in [0.25, 0.3) is 5.91 Å². The summed E-state index contributed by atoms with van der Waals surface area (Å²) in [6.45, 7) is 6.94. The van der Waals surface area contributed by atoms with Gasteiger partial charge >= 0.3 is 11.7 Å². The molecule has 2 heterocycles. The van der Waals surface area contributed by atoms with E-state index in [4.69, 9.17) is 20.8 Å².